The Morgan fingerprint density at radius 2 is 1.48 bits per heavy atom. The maximum Gasteiger partial charge on any atom is 0.410 e. The Morgan fingerprint density at radius 1 is 0.920 bits per heavy atom. The molecule has 25 heavy (non-hydrogen) atoms. The SMILES string of the molecule is O=C(OCC(Cl)(Cl)Cl)N(CCCc1ccccc1)Cc1ccccc1. The molecule has 0 spiro atoms. The zero-order valence-electron chi connectivity index (χ0n) is 13.7. The molecule has 3 nitrogen and oxygen atoms in total. The number of amides is 1. The Hall–Kier alpha value is -1.42. The van der Waals surface area contributed by atoms with Gasteiger partial charge in [0.05, 0.1) is 0 Å². The summed E-state index contributed by atoms with van der Waals surface area (Å²) in [6, 6.07) is 19.9. The van der Waals surface area contributed by atoms with Gasteiger partial charge in [0.1, 0.15) is 6.61 Å². The van der Waals surface area contributed by atoms with Gasteiger partial charge in [0, 0.05) is 13.1 Å². The molecule has 6 heteroatoms. The first-order valence-electron chi connectivity index (χ1n) is 8.00. The molecule has 0 bridgehead atoms. The number of alkyl halides is 3. The Labute approximate surface area is 163 Å². The molecule has 0 saturated heterocycles. The summed E-state index contributed by atoms with van der Waals surface area (Å²) in [7, 11) is 0. The van der Waals surface area contributed by atoms with E-state index in [2.05, 4.69) is 12.1 Å². The predicted molar refractivity (Wildman–Crippen MR) is 103 cm³/mol. The highest BCUT2D eigenvalue weighted by Crippen LogP contribution is 2.26. The van der Waals surface area contributed by atoms with Crippen LogP contribution >= 0.6 is 34.8 Å². The third-order valence-corrected chi connectivity index (χ3v) is 3.90. The molecule has 0 unspecified atom stereocenters. The number of rotatable bonds is 7. The minimum absolute atomic E-state index is 0.277. The molecule has 0 aliphatic carbocycles. The van der Waals surface area contributed by atoms with Crippen LogP contribution in [0.4, 0.5) is 4.79 Å². The minimum Gasteiger partial charge on any atom is -0.445 e. The van der Waals surface area contributed by atoms with E-state index >= 15 is 0 Å². The summed E-state index contributed by atoms with van der Waals surface area (Å²) >= 11 is 17.0. The van der Waals surface area contributed by atoms with Gasteiger partial charge in [-0.05, 0) is 24.0 Å². The Balaban J connectivity index is 1.94. The highest BCUT2D eigenvalue weighted by molar-refractivity contribution is 6.67. The van der Waals surface area contributed by atoms with Gasteiger partial charge in [0.25, 0.3) is 0 Å². The fourth-order valence-electron chi connectivity index (χ4n) is 2.39. The predicted octanol–water partition coefficient (Wildman–Crippen LogP) is 5.63. The molecule has 134 valence electrons. The van der Waals surface area contributed by atoms with Crippen LogP contribution in [0.2, 0.25) is 0 Å². The summed E-state index contributed by atoms with van der Waals surface area (Å²) in [6.45, 7) is 0.733. The van der Waals surface area contributed by atoms with E-state index in [-0.39, 0.29) is 6.61 Å². The van der Waals surface area contributed by atoms with Crippen LogP contribution in [0, 0.1) is 0 Å². The monoisotopic (exact) mass is 399 g/mol. The lowest BCUT2D eigenvalue weighted by molar-refractivity contribution is 0.101. The van der Waals surface area contributed by atoms with Crippen molar-refractivity contribution in [3.8, 4) is 0 Å². The van der Waals surface area contributed by atoms with Gasteiger partial charge < -0.3 is 9.64 Å². The van der Waals surface area contributed by atoms with Crippen molar-refractivity contribution in [2.45, 2.75) is 23.2 Å². The van der Waals surface area contributed by atoms with Gasteiger partial charge >= 0.3 is 6.09 Å². The van der Waals surface area contributed by atoms with E-state index in [9.17, 15) is 4.79 Å². The van der Waals surface area contributed by atoms with Crippen molar-refractivity contribution in [3.05, 3.63) is 71.8 Å². The molecule has 1 amide bonds. The van der Waals surface area contributed by atoms with Crippen LogP contribution in [0.5, 0.6) is 0 Å². The quantitative estimate of drug-likeness (QED) is 0.564. The summed E-state index contributed by atoms with van der Waals surface area (Å²) in [4.78, 5) is 14.0. The summed E-state index contributed by atoms with van der Waals surface area (Å²) in [5.41, 5.74) is 2.25. The average molecular weight is 401 g/mol. The highest BCUT2D eigenvalue weighted by Gasteiger charge is 2.24. The van der Waals surface area contributed by atoms with Gasteiger partial charge in [-0.2, -0.15) is 0 Å². The molecule has 0 aliphatic rings. The maximum absolute atomic E-state index is 12.4. The number of halogens is 3. The number of nitrogens with zero attached hydrogens (tertiary/aromatic N) is 1. The number of carbonyl (C=O) groups excluding carboxylic acids is 1. The second-order valence-electron chi connectivity index (χ2n) is 5.67. The van der Waals surface area contributed by atoms with Crippen LogP contribution < -0.4 is 0 Å². The van der Waals surface area contributed by atoms with Gasteiger partial charge in [-0.15, -0.1) is 0 Å². The van der Waals surface area contributed by atoms with Crippen molar-refractivity contribution in [1.29, 1.82) is 0 Å². The summed E-state index contributed by atoms with van der Waals surface area (Å²) in [5, 5.41) is 0. The topological polar surface area (TPSA) is 29.5 Å². The van der Waals surface area contributed by atoms with E-state index in [1.54, 1.807) is 4.90 Å². The second kappa shape index (κ2) is 9.91. The van der Waals surface area contributed by atoms with E-state index < -0.39 is 9.89 Å². The zero-order chi connectivity index (χ0) is 18.1. The first kappa shape index (κ1) is 19.9. The lowest BCUT2D eigenvalue weighted by Crippen LogP contribution is -2.34. The van der Waals surface area contributed by atoms with Crippen molar-refractivity contribution in [1.82, 2.24) is 4.90 Å². The van der Waals surface area contributed by atoms with Crippen LogP contribution in [0.3, 0.4) is 0 Å². The number of aryl methyl sites for hydroxylation is 1. The molecule has 0 heterocycles. The van der Waals surface area contributed by atoms with E-state index in [1.165, 1.54) is 5.56 Å². The normalized spacial score (nSPS) is 11.2. The highest BCUT2D eigenvalue weighted by atomic mass is 35.6. The van der Waals surface area contributed by atoms with E-state index in [1.807, 2.05) is 48.5 Å². The summed E-state index contributed by atoms with van der Waals surface area (Å²) < 4.78 is 3.52. The minimum atomic E-state index is -1.61. The van der Waals surface area contributed by atoms with E-state index in [4.69, 9.17) is 39.5 Å². The number of benzene rings is 2. The van der Waals surface area contributed by atoms with Crippen molar-refractivity contribution in [3.63, 3.8) is 0 Å². The molecule has 0 fully saturated rings. The Bertz CT molecular complexity index is 645. The number of carbonyl (C=O) groups is 1. The van der Waals surface area contributed by atoms with Crippen LogP contribution in [-0.4, -0.2) is 27.9 Å². The number of hydrogen-bond donors (Lipinski definition) is 0. The summed E-state index contributed by atoms with van der Waals surface area (Å²) in [6.07, 6.45) is 1.21. The van der Waals surface area contributed by atoms with Crippen molar-refractivity contribution in [2.24, 2.45) is 0 Å². The van der Waals surface area contributed by atoms with Crippen molar-refractivity contribution < 1.29 is 9.53 Å². The van der Waals surface area contributed by atoms with Crippen molar-refractivity contribution >= 4 is 40.9 Å². The van der Waals surface area contributed by atoms with Crippen LogP contribution in [0.1, 0.15) is 17.5 Å². The van der Waals surface area contributed by atoms with Crippen LogP contribution in [0.15, 0.2) is 60.7 Å². The fraction of sp³-hybridized carbons (Fsp3) is 0.316. The van der Waals surface area contributed by atoms with Gasteiger partial charge in [-0.1, -0.05) is 95.5 Å². The molecule has 0 atom stereocenters. The van der Waals surface area contributed by atoms with Crippen LogP contribution in [-0.2, 0) is 17.7 Å². The second-order valence-corrected chi connectivity index (χ2v) is 8.18. The molecule has 2 rings (SSSR count). The Morgan fingerprint density at radius 3 is 2.04 bits per heavy atom. The average Bonchev–Trinajstić information content (AvgIpc) is 2.60. The third-order valence-electron chi connectivity index (χ3n) is 3.57. The fourth-order valence-corrected chi connectivity index (χ4v) is 2.56. The molecule has 2 aromatic carbocycles. The van der Waals surface area contributed by atoms with E-state index in [0.717, 1.165) is 18.4 Å². The maximum atomic E-state index is 12.4. The molecule has 0 aromatic heterocycles. The first-order valence-corrected chi connectivity index (χ1v) is 9.14. The van der Waals surface area contributed by atoms with Gasteiger partial charge in [0.2, 0.25) is 3.79 Å². The Kier molecular flexibility index (Phi) is 7.89. The lowest BCUT2D eigenvalue weighted by atomic mass is 10.1. The number of hydrogen-bond acceptors (Lipinski definition) is 2. The molecule has 0 radical (unpaired) electrons. The van der Waals surface area contributed by atoms with Crippen LogP contribution in [0.25, 0.3) is 0 Å². The standard InChI is InChI=1S/C19H20Cl3NO2/c20-19(21,22)15-25-18(24)23(14-17-10-5-2-6-11-17)13-7-12-16-8-3-1-4-9-16/h1-6,8-11H,7,12-15H2. The molecule has 0 aliphatic heterocycles. The molecule has 2 aromatic rings. The largest absolute Gasteiger partial charge is 0.445 e. The molecule has 0 saturated carbocycles. The third kappa shape index (κ3) is 8.00. The smallest absolute Gasteiger partial charge is 0.410 e. The lowest BCUT2D eigenvalue weighted by Gasteiger charge is -2.23. The van der Waals surface area contributed by atoms with Crippen molar-refractivity contribution in [2.75, 3.05) is 13.2 Å². The van der Waals surface area contributed by atoms with Gasteiger partial charge in [-0.3, -0.25) is 0 Å². The first-order chi connectivity index (χ1) is 11.9. The number of ether oxygens (including phenoxy) is 1. The molecular weight excluding hydrogens is 381 g/mol. The molecule has 0 N–H and O–H groups in total. The van der Waals surface area contributed by atoms with Gasteiger partial charge in [0.15, 0.2) is 0 Å². The van der Waals surface area contributed by atoms with E-state index in [0.29, 0.717) is 13.1 Å². The summed E-state index contributed by atoms with van der Waals surface area (Å²) in [5.74, 6) is 0. The molecular formula is C19H20Cl3NO2. The van der Waals surface area contributed by atoms with Gasteiger partial charge in [-0.25, -0.2) is 4.79 Å². The zero-order valence-corrected chi connectivity index (χ0v) is 16.0.